The van der Waals surface area contributed by atoms with E-state index in [0.29, 0.717) is 22.6 Å². The summed E-state index contributed by atoms with van der Waals surface area (Å²) in [6, 6.07) is -0.604. The van der Waals surface area contributed by atoms with Crippen LogP contribution >= 0.6 is 22.9 Å². The lowest BCUT2D eigenvalue weighted by Crippen LogP contribution is -2.30. The quantitative estimate of drug-likeness (QED) is 0.841. The predicted molar refractivity (Wildman–Crippen MR) is 61.6 cm³/mol. The maximum Gasteiger partial charge on any atom is 0.326 e. The Morgan fingerprint density at radius 3 is 2.80 bits per heavy atom. The highest BCUT2D eigenvalue weighted by Gasteiger charge is 2.19. The molecule has 1 rings (SSSR count). The summed E-state index contributed by atoms with van der Waals surface area (Å²) in [5.41, 5.74) is 0. The lowest BCUT2D eigenvalue weighted by molar-refractivity contribution is -0.138. The van der Waals surface area contributed by atoms with Crippen LogP contribution in [0.4, 0.5) is 5.13 Å². The Balaban J connectivity index is 2.62. The van der Waals surface area contributed by atoms with Crippen molar-refractivity contribution in [1.82, 2.24) is 4.98 Å². The molecular formula is C9H13ClN2O2S. The van der Waals surface area contributed by atoms with E-state index in [-0.39, 0.29) is 0 Å². The minimum absolute atomic E-state index is 0.314. The molecule has 1 aromatic heterocycles. The van der Waals surface area contributed by atoms with Crippen LogP contribution in [0.1, 0.15) is 20.3 Å². The second kappa shape index (κ2) is 5.32. The van der Waals surface area contributed by atoms with Crippen molar-refractivity contribution < 1.29 is 9.90 Å². The predicted octanol–water partition coefficient (Wildman–Crippen LogP) is 2.71. The highest BCUT2D eigenvalue weighted by molar-refractivity contribution is 7.14. The van der Waals surface area contributed by atoms with Crippen molar-refractivity contribution in [3.8, 4) is 0 Å². The van der Waals surface area contributed by atoms with Crippen molar-refractivity contribution in [2.75, 3.05) is 5.32 Å². The number of hydrogen-bond donors (Lipinski definition) is 2. The van der Waals surface area contributed by atoms with Crippen molar-refractivity contribution in [1.29, 1.82) is 0 Å². The van der Waals surface area contributed by atoms with Gasteiger partial charge in [-0.2, -0.15) is 0 Å². The van der Waals surface area contributed by atoms with Gasteiger partial charge in [-0.15, -0.1) is 11.3 Å². The average molecular weight is 249 g/mol. The van der Waals surface area contributed by atoms with E-state index in [9.17, 15) is 4.79 Å². The average Bonchev–Trinajstić information content (AvgIpc) is 2.49. The van der Waals surface area contributed by atoms with Crippen LogP contribution in [-0.4, -0.2) is 22.1 Å². The van der Waals surface area contributed by atoms with E-state index in [4.69, 9.17) is 16.7 Å². The molecule has 4 nitrogen and oxygen atoms in total. The summed E-state index contributed by atoms with van der Waals surface area (Å²) in [6.07, 6.45) is 0.562. The number of halogens is 1. The molecule has 0 spiro atoms. The molecule has 0 aliphatic carbocycles. The third-order valence-electron chi connectivity index (χ3n) is 1.78. The van der Waals surface area contributed by atoms with Gasteiger partial charge in [-0.3, -0.25) is 0 Å². The van der Waals surface area contributed by atoms with Crippen LogP contribution in [0.25, 0.3) is 0 Å². The van der Waals surface area contributed by atoms with E-state index in [2.05, 4.69) is 10.3 Å². The van der Waals surface area contributed by atoms with Crippen molar-refractivity contribution in [2.24, 2.45) is 5.92 Å². The van der Waals surface area contributed by atoms with Crippen molar-refractivity contribution in [3.05, 3.63) is 10.5 Å². The Hall–Kier alpha value is -0.810. The van der Waals surface area contributed by atoms with E-state index in [1.54, 1.807) is 5.38 Å². The number of carboxylic acids is 1. The van der Waals surface area contributed by atoms with Crippen LogP contribution < -0.4 is 5.32 Å². The number of carboxylic acid groups (broad SMARTS) is 1. The zero-order valence-electron chi connectivity index (χ0n) is 8.53. The molecule has 1 atom stereocenters. The summed E-state index contributed by atoms with van der Waals surface area (Å²) in [5, 5.41) is 14.4. The first-order valence-electron chi connectivity index (χ1n) is 4.59. The van der Waals surface area contributed by atoms with Gasteiger partial charge in [0.05, 0.1) is 0 Å². The number of hydrogen-bond acceptors (Lipinski definition) is 4. The van der Waals surface area contributed by atoms with Gasteiger partial charge in [-0.05, 0) is 12.3 Å². The molecule has 1 aromatic rings. The number of carbonyl (C=O) groups is 1. The molecule has 0 aromatic carbocycles. The van der Waals surface area contributed by atoms with E-state index >= 15 is 0 Å². The van der Waals surface area contributed by atoms with Gasteiger partial charge < -0.3 is 10.4 Å². The Morgan fingerprint density at radius 2 is 2.40 bits per heavy atom. The molecule has 0 aliphatic rings. The van der Waals surface area contributed by atoms with E-state index in [1.807, 2.05) is 13.8 Å². The van der Waals surface area contributed by atoms with Crippen molar-refractivity contribution >= 4 is 34.0 Å². The highest BCUT2D eigenvalue weighted by atomic mass is 35.5. The smallest absolute Gasteiger partial charge is 0.326 e. The van der Waals surface area contributed by atoms with Gasteiger partial charge in [0.1, 0.15) is 11.2 Å². The standard InChI is InChI=1S/C9H13ClN2O2S/c1-5(2)3-6(8(13)14)11-9-12-7(10)4-15-9/h4-6H,3H2,1-2H3,(H,11,12)(H,13,14). The molecule has 84 valence electrons. The number of anilines is 1. The molecule has 1 heterocycles. The molecule has 0 saturated carbocycles. The number of nitrogens with one attached hydrogen (secondary N) is 1. The molecule has 2 N–H and O–H groups in total. The van der Waals surface area contributed by atoms with Crippen LogP contribution in [0, 0.1) is 5.92 Å². The van der Waals surface area contributed by atoms with Crippen LogP contribution in [0.2, 0.25) is 5.15 Å². The van der Waals surface area contributed by atoms with Gasteiger partial charge in [0.15, 0.2) is 5.13 Å². The second-order valence-corrected chi connectivity index (χ2v) is 4.89. The summed E-state index contributed by atoms with van der Waals surface area (Å²) in [4.78, 5) is 14.9. The summed E-state index contributed by atoms with van der Waals surface area (Å²) in [7, 11) is 0. The van der Waals surface area contributed by atoms with Crippen LogP contribution in [0.3, 0.4) is 0 Å². The van der Waals surface area contributed by atoms with E-state index in [1.165, 1.54) is 11.3 Å². The molecule has 0 bridgehead atoms. The molecule has 6 heteroatoms. The van der Waals surface area contributed by atoms with Crippen LogP contribution in [0.5, 0.6) is 0 Å². The maximum atomic E-state index is 10.9. The fourth-order valence-corrected chi connectivity index (χ4v) is 2.05. The van der Waals surface area contributed by atoms with Gasteiger partial charge in [0, 0.05) is 5.38 Å². The molecule has 0 saturated heterocycles. The minimum Gasteiger partial charge on any atom is -0.480 e. The normalized spacial score (nSPS) is 12.8. The number of aromatic nitrogens is 1. The molecular weight excluding hydrogens is 236 g/mol. The molecule has 0 fully saturated rings. The largest absolute Gasteiger partial charge is 0.480 e. The zero-order valence-corrected chi connectivity index (χ0v) is 10.1. The third kappa shape index (κ3) is 4.05. The lowest BCUT2D eigenvalue weighted by atomic mass is 10.0. The molecule has 0 amide bonds. The topological polar surface area (TPSA) is 62.2 Å². The highest BCUT2D eigenvalue weighted by Crippen LogP contribution is 2.21. The van der Waals surface area contributed by atoms with Crippen molar-refractivity contribution in [2.45, 2.75) is 26.3 Å². The summed E-state index contributed by atoms with van der Waals surface area (Å²) >= 11 is 6.95. The fourth-order valence-electron chi connectivity index (χ4n) is 1.16. The summed E-state index contributed by atoms with van der Waals surface area (Å²) < 4.78 is 0. The van der Waals surface area contributed by atoms with Gasteiger partial charge in [0.2, 0.25) is 0 Å². The van der Waals surface area contributed by atoms with Crippen LogP contribution in [0.15, 0.2) is 5.38 Å². The Bertz CT molecular complexity index is 341. The van der Waals surface area contributed by atoms with E-state index < -0.39 is 12.0 Å². The zero-order chi connectivity index (χ0) is 11.4. The Morgan fingerprint density at radius 1 is 1.73 bits per heavy atom. The SMILES string of the molecule is CC(C)CC(Nc1nc(Cl)cs1)C(=O)O. The Kier molecular flexibility index (Phi) is 4.35. The van der Waals surface area contributed by atoms with Gasteiger partial charge >= 0.3 is 5.97 Å². The van der Waals surface area contributed by atoms with E-state index in [0.717, 1.165) is 0 Å². The number of nitrogens with zero attached hydrogens (tertiary/aromatic N) is 1. The van der Waals surface area contributed by atoms with Crippen molar-refractivity contribution in [3.63, 3.8) is 0 Å². The number of thiazole rings is 1. The molecule has 0 radical (unpaired) electrons. The van der Waals surface area contributed by atoms with Crippen LogP contribution in [-0.2, 0) is 4.79 Å². The van der Waals surface area contributed by atoms with Gasteiger partial charge in [-0.1, -0.05) is 25.4 Å². The number of aliphatic carboxylic acids is 1. The summed E-state index contributed by atoms with van der Waals surface area (Å²) in [5.74, 6) is -0.552. The van der Waals surface area contributed by atoms with Gasteiger partial charge in [-0.25, -0.2) is 9.78 Å². The third-order valence-corrected chi connectivity index (χ3v) is 2.88. The van der Waals surface area contributed by atoms with Gasteiger partial charge in [0.25, 0.3) is 0 Å². The monoisotopic (exact) mass is 248 g/mol. The first-order chi connectivity index (χ1) is 6.99. The summed E-state index contributed by atoms with van der Waals surface area (Å²) in [6.45, 7) is 3.96. The maximum absolute atomic E-state index is 10.9. The lowest BCUT2D eigenvalue weighted by Gasteiger charge is -2.15. The molecule has 1 unspecified atom stereocenters. The first-order valence-corrected chi connectivity index (χ1v) is 5.85. The second-order valence-electron chi connectivity index (χ2n) is 3.64. The first kappa shape index (κ1) is 12.3. The fraction of sp³-hybridized carbons (Fsp3) is 0.556. The Labute approximate surface area is 97.3 Å². The minimum atomic E-state index is -0.866. The molecule has 0 aliphatic heterocycles. The molecule has 15 heavy (non-hydrogen) atoms. The number of rotatable bonds is 5.